The second kappa shape index (κ2) is 7.48. The maximum atomic E-state index is 12.6. The van der Waals surface area contributed by atoms with Gasteiger partial charge in [-0.05, 0) is 31.2 Å². The van der Waals surface area contributed by atoms with Crippen molar-refractivity contribution in [3.63, 3.8) is 0 Å². The second-order valence-corrected chi connectivity index (χ2v) is 7.06. The van der Waals surface area contributed by atoms with Crippen molar-refractivity contribution in [2.75, 3.05) is 17.2 Å². The Hall–Kier alpha value is -2.67. The summed E-state index contributed by atoms with van der Waals surface area (Å²) in [6.07, 6.45) is -0.173. The highest BCUT2D eigenvalue weighted by Gasteiger charge is 2.34. The summed E-state index contributed by atoms with van der Waals surface area (Å²) >= 11 is 0. The fourth-order valence-corrected chi connectivity index (χ4v) is 4.01. The van der Waals surface area contributed by atoms with Gasteiger partial charge in [0.2, 0.25) is 11.8 Å². The number of carbonyl (C=O) groups is 2. The molecule has 7 heteroatoms. The van der Waals surface area contributed by atoms with Crippen LogP contribution in [0.25, 0.3) is 0 Å². The third kappa shape index (κ3) is 3.71. The van der Waals surface area contributed by atoms with Gasteiger partial charge in [-0.3, -0.25) is 13.8 Å². The zero-order valence-corrected chi connectivity index (χ0v) is 14.5. The van der Waals surface area contributed by atoms with Crippen LogP contribution in [-0.4, -0.2) is 27.9 Å². The summed E-state index contributed by atoms with van der Waals surface area (Å²) in [5.74, 6) is -0.247. The van der Waals surface area contributed by atoms with Crippen LogP contribution in [-0.2, 0) is 20.4 Å². The lowest BCUT2D eigenvalue weighted by atomic mass is 10.2. The molecule has 0 aromatic heterocycles. The lowest BCUT2D eigenvalue weighted by Crippen LogP contribution is -2.39. The fraction of sp³-hybridized carbons (Fsp3) is 0.222. The number of ether oxygens (including phenoxy) is 1. The van der Waals surface area contributed by atoms with E-state index in [1.165, 1.54) is 0 Å². The number of amides is 2. The lowest BCUT2D eigenvalue weighted by molar-refractivity contribution is -0.120. The number of fused-ring (bicyclic) bond motifs is 1. The molecule has 0 bridgehead atoms. The van der Waals surface area contributed by atoms with E-state index < -0.39 is 22.0 Å². The van der Waals surface area contributed by atoms with Gasteiger partial charge in [0, 0.05) is 0 Å². The maximum absolute atomic E-state index is 12.6. The summed E-state index contributed by atoms with van der Waals surface area (Å²) in [5, 5.41) is 4.51. The SMILES string of the molecule is CCOc1ccccc1NC(=O)C[C@@H]1C(=O)Nc2ccccc2[S@]1=O. The van der Waals surface area contributed by atoms with Crippen LogP contribution < -0.4 is 15.4 Å². The van der Waals surface area contributed by atoms with Gasteiger partial charge in [-0.2, -0.15) is 0 Å². The summed E-state index contributed by atoms with van der Waals surface area (Å²) in [6, 6.07) is 14.0. The van der Waals surface area contributed by atoms with Crippen LogP contribution in [0.3, 0.4) is 0 Å². The molecule has 2 aromatic rings. The van der Waals surface area contributed by atoms with Gasteiger partial charge in [0.1, 0.15) is 11.0 Å². The smallest absolute Gasteiger partial charge is 0.241 e. The van der Waals surface area contributed by atoms with Crippen LogP contribution >= 0.6 is 0 Å². The van der Waals surface area contributed by atoms with Crippen molar-refractivity contribution >= 4 is 34.0 Å². The number of nitrogens with one attached hydrogen (secondary N) is 2. The first kappa shape index (κ1) is 17.2. The zero-order chi connectivity index (χ0) is 17.8. The fourth-order valence-electron chi connectivity index (χ4n) is 2.60. The van der Waals surface area contributed by atoms with Crippen LogP contribution in [0, 0.1) is 0 Å². The van der Waals surface area contributed by atoms with E-state index >= 15 is 0 Å². The second-order valence-electron chi connectivity index (χ2n) is 5.45. The Morgan fingerprint density at radius 1 is 1.20 bits per heavy atom. The minimum Gasteiger partial charge on any atom is -0.492 e. The Balaban J connectivity index is 1.73. The van der Waals surface area contributed by atoms with Gasteiger partial charge < -0.3 is 15.4 Å². The minimum absolute atomic E-state index is 0.173. The maximum Gasteiger partial charge on any atom is 0.241 e. The predicted molar refractivity (Wildman–Crippen MR) is 96.1 cm³/mol. The molecule has 2 atom stereocenters. The third-order valence-electron chi connectivity index (χ3n) is 3.74. The average molecular weight is 358 g/mol. The molecule has 3 rings (SSSR count). The van der Waals surface area contributed by atoms with Crippen molar-refractivity contribution in [1.29, 1.82) is 0 Å². The third-order valence-corrected chi connectivity index (χ3v) is 5.43. The molecule has 2 N–H and O–H groups in total. The molecule has 0 saturated carbocycles. The highest BCUT2D eigenvalue weighted by atomic mass is 32.2. The quantitative estimate of drug-likeness (QED) is 0.860. The number of rotatable bonds is 5. The normalized spacial score (nSPS) is 18.8. The van der Waals surface area contributed by atoms with E-state index in [9.17, 15) is 13.8 Å². The van der Waals surface area contributed by atoms with E-state index in [4.69, 9.17) is 4.74 Å². The molecule has 130 valence electrons. The van der Waals surface area contributed by atoms with Crippen LogP contribution in [0.2, 0.25) is 0 Å². The van der Waals surface area contributed by atoms with Crippen molar-refractivity contribution < 1.29 is 18.5 Å². The molecule has 1 aliphatic rings. The highest BCUT2D eigenvalue weighted by Crippen LogP contribution is 2.29. The van der Waals surface area contributed by atoms with Crippen LogP contribution in [0.1, 0.15) is 13.3 Å². The van der Waals surface area contributed by atoms with Crippen molar-refractivity contribution in [3.05, 3.63) is 48.5 Å². The summed E-state index contributed by atoms with van der Waals surface area (Å²) in [7, 11) is -1.57. The number of hydrogen-bond donors (Lipinski definition) is 2. The van der Waals surface area contributed by atoms with E-state index in [0.717, 1.165) is 0 Å². The number of para-hydroxylation sites is 3. The van der Waals surface area contributed by atoms with Gasteiger partial charge in [-0.25, -0.2) is 0 Å². The molecule has 25 heavy (non-hydrogen) atoms. The number of benzene rings is 2. The molecule has 0 radical (unpaired) electrons. The van der Waals surface area contributed by atoms with Crippen LogP contribution in [0.15, 0.2) is 53.4 Å². The van der Waals surface area contributed by atoms with Crippen LogP contribution in [0.4, 0.5) is 11.4 Å². The van der Waals surface area contributed by atoms with Crippen molar-refractivity contribution in [2.24, 2.45) is 0 Å². The Bertz CT molecular complexity index is 837. The van der Waals surface area contributed by atoms with Gasteiger partial charge in [0.05, 0.1) is 40.1 Å². The monoisotopic (exact) mass is 358 g/mol. The van der Waals surface area contributed by atoms with Crippen molar-refractivity contribution in [3.8, 4) is 5.75 Å². The van der Waals surface area contributed by atoms with Gasteiger partial charge in [-0.15, -0.1) is 0 Å². The molecular weight excluding hydrogens is 340 g/mol. The summed E-state index contributed by atoms with van der Waals surface area (Å²) < 4.78 is 18.1. The Morgan fingerprint density at radius 3 is 2.72 bits per heavy atom. The molecule has 2 amide bonds. The Labute approximate surface area is 148 Å². The summed E-state index contributed by atoms with van der Waals surface area (Å²) in [5.41, 5.74) is 1.06. The van der Waals surface area contributed by atoms with Crippen molar-refractivity contribution in [2.45, 2.75) is 23.5 Å². The van der Waals surface area contributed by atoms with E-state index in [1.54, 1.807) is 48.5 Å². The first-order valence-electron chi connectivity index (χ1n) is 7.92. The molecule has 6 nitrogen and oxygen atoms in total. The summed E-state index contributed by atoms with van der Waals surface area (Å²) in [4.78, 5) is 25.1. The standard InChI is InChI=1S/C18H18N2O4S/c1-2-24-14-9-5-3-7-12(14)19-17(21)11-16-18(22)20-13-8-4-6-10-15(13)25(16)23/h3-10,16H,2,11H2,1H3,(H,19,21)(H,20,22)/t16-,25-/m1/s1. The molecule has 0 fully saturated rings. The number of hydrogen-bond acceptors (Lipinski definition) is 4. The largest absolute Gasteiger partial charge is 0.492 e. The van der Waals surface area contributed by atoms with E-state index in [1.807, 2.05) is 6.92 Å². The number of anilines is 2. The molecule has 2 aromatic carbocycles. The number of carbonyl (C=O) groups excluding carboxylic acids is 2. The summed E-state index contributed by atoms with van der Waals surface area (Å²) in [6.45, 7) is 2.32. The zero-order valence-electron chi connectivity index (χ0n) is 13.7. The molecule has 1 aliphatic heterocycles. The van der Waals surface area contributed by atoms with E-state index in [0.29, 0.717) is 28.6 Å². The van der Waals surface area contributed by atoms with Gasteiger partial charge in [0.15, 0.2) is 0 Å². The Kier molecular flexibility index (Phi) is 5.14. The topological polar surface area (TPSA) is 84.5 Å². The molecule has 0 unspecified atom stereocenters. The Morgan fingerprint density at radius 2 is 1.92 bits per heavy atom. The molecule has 1 heterocycles. The predicted octanol–water partition coefficient (Wildman–Crippen LogP) is 2.54. The molecule has 0 saturated heterocycles. The van der Waals surface area contributed by atoms with Crippen molar-refractivity contribution in [1.82, 2.24) is 0 Å². The van der Waals surface area contributed by atoms with Gasteiger partial charge in [-0.1, -0.05) is 24.3 Å². The van der Waals surface area contributed by atoms with Gasteiger partial charge in [0.25, 0.3) is 0 Å². The van der Waals surface area contributed by atoms with Gasteiger partial charge >= 0.3 is 0 Å². The van der Waals surface area contributed by atoms with Crippen LogP contribution in [0.5, 0.6) is 5.75 Å². The first-order valence-corrected chi connectivity index (χ1v) is 9.13. The average Bonchev–Trinajstić information content (AvgIpc) is 2.60. The lowest BCUT2D eigenvalue weighted by Gasteiger charge is -2.23. The van der Waals surface area contributed by atoms with E-state index in [-0.39, 0.29) is 12.3 Å². The molecule has 0 spiro atoms. The molecular formula is C18H18N2O4S. The minimum atomic E-state index is -1.57. The highest BCUT2D eigenvalue weighted by molar-refractivity contribution is 7.86. The first-order chi connectivity index (χ1) is 12.1. The van der Waals surface area contributed by atoms with E-state index in [2.05, 4.69) is 10.6 Å². The molecule has 0 aliphatic carbocycles.